The topological polar surface area (TPSA) is 117 Å². The van der Waals surface area contributed by atoms with Gasteiger partial charge in [-0.1, -0.05) is 13.0 Å². The number of amides is 1. The Bertz CT molecular complexity index is 743. The van der Waals surface area contributed by atoms with Crippen LogP contribution in [0.2, 0.25) is 0 Å². The lowest BCUT2D eigenvalue weighted by molar-refractivity contribution is -0.384. The van der Waals surface area contributed by atoms with Crippen LogP contribution in [-0.4, -0.2) is 60.7 Å². The summed E-state index contributed by atoms with van der Waals surface area (Å²) >= 11 is 0. The number of nitrogens with zero attached hydrogens (tertiary/aromatic N) is 4. The summed E-state index contributed by atoms with van der Waals surface area (Å²) in [6, 6.07) is 5.23. The van der Waals surface area contributed by atoms with Gasteiger partial charge in [0.25, 0.3) is 5.69 Å². The Morgan fingerprint density at radius 1 is 1.33 bits per heavy atom. The molecule has 27 heavy (non-hydrogen) atoms. The molecular formula is C18H26N6O3. The predicted octanol–water partition coefficient (Wildman–Crippen LogP) is 0.926. The zero-order valence-electron chi connectivity index (χ0n) is 15.6. The Morgan fingerprint density at radius 2 is 2.07 bits per heavy atom. The third-order valence-corrected chi connectivity index (χ3v) is 5.12. The van der Waals surface area contributed by atoms with Crippen molar-refractivity contribution < 1.29 is 9.72 Å². The maximum atomic E-state index is 11.7. The second-order valence-electron chi connectivity index (χ2n) is 7.07. The van der Waals surface area contributed by atoms with Crippen molar-refractivity contribution >= 4 is 23.0 Å². The van der Waals surface area contributed by atoms with Crippen molar-refractivity contribution in [1.29, 1.82) is 0 Å². The Labute approximate surface area is 158 Å². The number of hydrogen-bond acceptors (Lipinski definition) is 7. The number of carbonyl (C=O) groups is 1. The van der Waals surface area contributed by atoms with Crippen LogP contribution in [0.25, 0.3) is 0 Å². The van der Waals surface area contributed by atoms with Crippen LogP contribution < -0.4 is 16.1 Å². The maximum absolute atomic E-state index is 11.7. The number of hydrazone groups is 1. The summed E-state index contributed by atoms with van der Waals surface area (Å²) in [6.45, 7) is 6.78. The molecule has 0 saturated carbocycles. The van der Waals surface area contributed by atoms with E-state index in [1.54, 1.807) is 12.1 Å². The summed E-state index contributed by atoms with van der Waals surface area (Å²) in [5, 5.41) is 15.8. The quantitative estimate of drug-likeness (QED) is 0.565. The largest absolute Gasteiger partial charge is 0.363 e. The second kappa shape index (κ2) is 8.45. The number of nitrogens with two attached hydrogens (primary N) is 1. The number of rotatable bonds is 6. The number of hydrogen-bond donors (Lipinski definition) is 2. The number of benzene rings is 1. The summed E-state index contributed by atoms with van der Waals surface area (Å²) in [7, 11) is 0. The molecule has 1 fully saturated rings. The van der Waals surface area contributed by atoms with Gasteiger partial charge in [0.15, 0.2) is 0 Å². The Morgan fingerprint density at radius 3 is 2.70 bits per heavy atom. The minimum atomic E-state index is -0.341. The number of piperazine rings is 1. The molecule has 3 N–H and O–H groups in total. The number of nitro groups is 1. The van der Waals surface area contributed by atoms with E-state index in [9.17, 15) is 14.9 Å². The van der Waals surface area contributed by atoms with Crippen molar-refractivity contribution in [2.45, 2.75) is 19.8 Å². The predicted molar refractivity (Wildman–Crippen MR) is 104 cm³/mol. The highest BCUT2D eigenvalue weighted by molar-refractivity contribution is 6.06. The smallest absolute Gasteiger partial charge is 0.293 e. The van der Waals surface area contributed by atoms with Gasteiger partial charge in [0, 0.05) is 50.1 Å². The minimum Gasteiger partial charge on any atom is -0.363 e. The molecule has 1 amide bonds. The van der Waals surface area contributed by atoms with E-state index in [1.165, 1.54) is 0 Å². The molecule has 9 nitrogen and oxygen atoms in total. The van der Waals surface area contributed by atoms with E-state index >= 15 is 0 Å². The fraction of sp³-hybridized carbons (Fsp3) is 0.556. The van der Waals surface area contributed by atoms with Gasteiger partial charge < -0.3 is 10.6 Å². The molecule has 3 rings (SSSR count). The Balaban J connectivity index is 1.79. The highest BCUT2D eigenvalue weighted by Crippen LogP contribution is 2.31. The van der Waals surface area contributed by atoms with E-state index in [0.29, 0.717) is 29.9 Å². The molecule has 9 heteroatoms. The molecule has 1 unspecified atom stereocenters. The minimum absolute atomic E-state index is 0.0738. The van der Waals surface area contributed by atoms with E-state index in [0.717, 1.165) is 39.1 Å². The fourth-order valence-corrected chi connectivity index (χ4v) is 3.63. The highest BCUT2D eigenvalue weighted by Gasteiger charge is 2.27. The number of nitro benzene ring substituents is 1. The van der Waals surface area contributed by atoms with Gasteiger partial charge in [-0.3, -0.25) is 19.8 Å². The van der Waals surface area contributed by atoms with Gasteiger partial charge in [-0.05, 0) is 25.6 Å². The van der Waals surface area contributed by atoms with Crippen LogP contribution in [0.15, 0.2) is 23.3 Å². The average molecular weight is 374 g/mol. The van der Waals surface area contributed by atoms with Gasteiger partial charge in [0.2, 0.25) is 5.91 Å². The lowest BCUT2D eigenvalue weighted by Gasteiger charge is -2.35. The molecule has 1 atom stereocenters. The monoisotopic (exact) mass is 374 g/mol. The molecular weight excluding hydrogens is 348 g/mol. The Kier molecular flexibility index (Phi) is 6.02. The van der Waals surface area contributed by atoms with Crippen LogP contribution in [-0.2, 0) is 4.79 Å². The lowest BCUT2D eigenvalue weighted by atomic mass is 9.93. The van der Waals surface area contributed by atoms with Gasteiger partial charge in [0.1, 0.15) is 5.69 Å². The van der Waals surface area contributed by atoms with Crippen LogP contribution in [0, 0.1) is 16.0 Å². The molecule has 1 aromatic rings. The van der Waals surface area contributed by atoms with E-state index < -0.39 is 0 Å². The van der Waals surface area contributed by atoms with Gasteiger partial charge in [-0.2, -0.15) is 5.10 Å². The highest BCUT2D eigenvalue weighted by atomic mass is 16.6. The van der Waals surface area contributed by atoms with E-state index in [2.05, 4.69) is 20.3 Å². The van der Waals surface area contributed by atoms with Crippen LogP contribution in [0.3, 0.4) is 0 Å². The maximum Gasteiger partial charge on any atom is 0.293 e. The number of nitrogens with one attached hydrogen (secondary N) is 1. The first-order chi connectivity index (χ1) is 13.0. The molecule has 0 spiro atoms. The third kappa shape index (κ3) is 4.42. The van der Waals surface area contributed by atoms with Gasteiger partial charge in [-0.25, -0.2) is 5.43 Å². The lowest BCUT2D eigenvalue weighted by Crippen LogP contribution is -2.47. The molecule has 2 heterocycles. The average Bonchev–Trinajstić information content (AvgIpc) is 2.66. The summed E-state index contributed by atoms with van der Waals surface area (Å²) in [5.41, 5.74) is 10.1. The van der Waals surface area contributed by atoms with Crippen molar-refractivity contribution in [3.63, 3.8) is 0 Å². The SMILES string of the molecule is CC1CC(=O)NN=C1c1ccc(N2CCN(CCCN)CC2)c([N+](=O)[O-])c1. The molecule has 0 aromatic heterocycles. The molecule has 0 aliphatic carbocycles. The Hall–Kier alpha value is -2.52. The van der Waals surface area contributed by atoms with Crippen molar-refractivity contribution in [3.05, 3.63) is 33.9 Å². The second-order valence-corrected chi connectivity index (χ2v) is 7.07. The van der Waals surface area contributed by atoms with Gasteiger partial charge in [0.05, 0.1) is 10.6 Å². The molecule has 0 bridgehead atoms. The molecule has 146 valence electrons. The van der Waals surface area contributed by atoms with E-state index in [1.807, 2.05) is 13.0 Å². The van der Waals surface area contributed by atoms with Crippen LogP contribution in [0.1, 0.15) is 25.3 Å². The van der Waals surface area contributed by atoms with Crippen molar-refractivity contribution in [2.75, 3.05) is 44.2 Å². The van der Waals surface area contributed by atoms with Gasteiger partial charge in [-0.15, -0.1) is 0 Å². The van der Waals surface area contributed by atoms with Crippen molar-refractivity contribution in [3.8, 4) is 0 Å². The van der Waals surface area contributed by atoms with Crippen LogP contribution >= 0.6 is 0 Å². The molecule has 2 aliphatic rings. The third-order valence-electron chi connectivity index (χ3n) is 5.12. The van der Waals surface area contributed by atoms with Crippen LogP contribution in [0.5, 0.6) is 0 Å². The first kappa shape index (κ1) is 19.2. The first-order valence-corrected chi connectivity index (χ1v) is 9.32. The summed E-state index contributed by atoms with van der Waals surface area (Å²) in [6.07, 6.45) is 1.30. The zero-order chi connectivity index (χ0) is 19.4. The number of carbonyl (C=O) groups excluding carboxylic acids is 1. The standard InChI is InChI=1S/C18H26N6O3/c1-13-11-17(25)20-21-18(13)14-3-4-15(16(12-14)24(26)27)23-9-7-22(8-10-23)6-2-5-19/h3-4,12-13H,2,5-11,19H2,1H3,(H,20,25). The molecule has 1 saturated heterocycles. The molecule has 0 radical (unpaired) electrons. The molecule has 1 aromatic carbocycles. The zero-order valence-corrected chi connectivity index (χ0v) is 15.6. The number of anilines is 1. The van der Waals surface area contributed by atoms with Gasteiger partial charge >= 0.3 is 0 Å². The summed E-state index contributed by atoms with van der Waals surface area (Å²) in [5.74, 6) is -0.208. The van der Waals surface area contributed by atoms with Crippen LogP contribution in [0.4, 0.5) is 11.4 Å². The van der Waals surface area contributed by atoms with E-state index in [4.69, 9.17) is 5.73 Å². The normalized spacial score (nSPS) is 21.0. The summed E-state index contributed by atoms with van der Waals surface area (Å²) < 4.78 is 0. The fourth-order valence-electron chi connectivity index (χ4n) is 3.63. The van der Waals surface area contributed by atoms with Crippen molar-refractivity contribution in [1.82, 2.24) is 10.3 Å². The summed E-state index contributed by atoms with van der Waals surface area (Å²) in [4.78, 5) is 27.2. The van der Waals surface area contributed by atoms with Crippen molar-refractivity contribution in [2.24, 2.45) is 16.8 Å². The first-order valence-electron chi connectivity index (χ1n) is 9.32. The van der Waals surface area contributed by atoms with E-state index in [-0.39, 0.29) is 22.4 Å². The molecule has 2 aliphatic heterocycles.